The van der Waals surface area contributed by atoms with Gasteiger partial charge in [-0.05, 0) is 37.9 Å². The van der Waals surface area contributed by atoms with Crippen LogP contribution in [0.25, 0.3) is 0 Å². The van der Waals surface area contributed by atoms with Crippen molar-refractivity contribution in [2.75, 3.05) is 20.2 Å². The molecule has 2 rings (SSSR count). The molecule has 4 nitrogen and oxygen atoms in total. The fourth-order valence-corrected chi connectivity index (χ4v) is 2.71. The van der Waals surface area contributed by atoms with Gasteiger partial charge in [0.2, 0.25) is 0 Å². The van der Waals surface area contributed by atoms with Crippen molar-refractivity contribution in [3.05, 3.63) is 29.8 Å². The molecule has 0 bridgehead atoms. The molecular formula is C15H21NO3. The lowest BCUT2D eigenvalue weighted by Crippen LogP contribution is -2.33. The molecule has 1 aromatic rings. The van der Waals surface area contributed by atoms with Crippen molar-refractivity contribution in [3.8, 4) is 5.75 Å². The lowest BCUT2D eigenvalue weighted by atomic mass is 10.0. The second-order valence-electron chi connectivity index (χ2n) is 5.18. The molecule has 1 aliphatic heterocycles. The molecule has 0 spiro atoms. The minimum Gasteiger partial charge on any atom is -0.496 e. The second kappa shape index (κ2) is 6.06. The molecule has 2 atom stereocenters. The summed E-state index contributed by atoms with van der Waals surface area (Å²) < 4.78 is 5.36. The second-order valence-corrected chi connectivity index (χ2v) is 5.18. The number of rotatable bonds is 5. The SMILES string of the molecule is COc1ccccc1CC(C)N1CCC(C(=O)O)C1. The molecular weight excluding hydrogens is 242 g/mol. The minimum atomic E-state index is -0.674. The first-order chi connectivity index (χ1) is 9.11. The predicted octanol–water partition coefficient (Wildman–Crippen LogP) is 2.03. The zero-order valence-corrected chi connectivity index (χ0v) is 11.5. The first kappa shape index (κ1) is 13.9. The smallest absolute Gasteiger partial charge is 0.307 e. The third-order valence-electron chi connectivity index (χ3n) is 3.90. The summed E-state index contributed by atoms with van der Waals surface area (Å²) in [4.78, 5) is 13.2. The van der Waals surface area contributed by atoms with Gasteiger partial charge in [-0.25, -0.2) is 0 Å². The van der Waals surface area contributed by atoms with Crippen molar-refractivity contribution in [1.29, 1.82) is 0 Å². The molecule has 0 radical (unpaired) electrons. The van der Waals surface area contributed by atoms with Gasteiger partial charge in [-0.15, -0.1) is 0 Å². The molecule has 1 heterocycles. The van der Waals surface area contributed by atoms with Gasteiger partial charge < -0.3 is 9.84 Å². The fourth-order valence-electron chi connectivity index (χ4n) is 2.71. The van der Waals surface area contributed by atoms with Crippen LogP contribution in [0.2, 0.25) is 0 Å². The summed E-state index contributed by atoms with van der Waals surface area (Å²) in [5, 5.41) is 9.04. The first-order valence-electron chi connectivity index (χ1n) is 6.70. The van der Waals surface area contributed by atoms with Gasteiger partial charge in [0.15, 0.2) is 0 Å². The molecule has 1 fully saturated rings. The van der Waals surface area contributed by atoms with E-state index in [1.54, 1.807) is 7.11 Å². The number of methoxy groups -OCH3 is 1. The molecule has 1 saturated heterocycles. The van der Waals surface area contributed by atoms with Crippen LogP contribution in [-0.4, -0.2) is 42.2 Å². The molecule has 19 heavy (non-hydrogen) atoms. The van der Waals surface area contributed by atoms with Crippen LogP contribution in [0.15, 0.2) is 24.3 Å². The zero-order valence-electron chi connectivity index (χ0n) is 11.5. The quantitative estimate of drug-likeness (QED) is 0.883. The Balaban J connectivity index is 1.98. The van der Waals surface area contributed by atoms with E-state index in [9.17, 15) is 4.79 Å². The van der Waals surface area contributed by atoms with Gasteiger partial charge in [-0.1, -0.05) is 18.2 Å². The van der Waals surface area contributed by atoms with Crippen LogP contribution in [0.4, 0.5) is 0 Å². The number of aliphatic carboxylic acids is 1. The van der Waals surface area contributed by atoms with Crippen LogP contribution in [-0.2, 0) is 11.2 Å². The molecule has 4 heteroatoms. The summed E-state index contributed by atoms with van der Waals surface area (Å²) in [6.45, 7) is 3.68. The minimum absolute atomic E-state index is 0.208. The number of ether oxygens (including phenoxy) is 1. The maximum atomic E-state index is 11.0. The number of hydrogen-bond acceptors (Lipinski definition) is 3. The lowest BCUT2D eigenvalue weighted by Gasteiger charge is -2.24. The normalized spacial score (nSPS) is 21.3. The Kier molecular flexibility index (Phi) is 4.43. The average molecular weight is 263 g/mol. The highest BCUT2D eigenvalue weighted by Crippen LogP contribution is 2.24. The molecule has 1 aromatic carbocycles. The molecule has 0 saturated carbocycles. The van der Waals surface area contributed by atoms with E-state index in [2.05, 4.69) is 17.9 Å². The van der Waals surface area contributed by atoms with Crippen molar-refractivity contribution in [1.82, 2.24) is 4.90 Å². The standard InChI is InChI=1S/C15H21NO3/c1-11(16-8-7-13(10-16)15(17)18)9-12-5-3-4-6-14(12)19-2/h3-6,11,13H,7-10H2,1-2H3,(H,17,18). The average Bonchev–Trinajstić information content (AvgIpc) is 2.89. The number of benzene rings is 1. The van der Waals surface area contributed by atoms with Crippen molar-refractivity contribution < 1.29 is 14.6 Å². The molecule has 0 amide bonds. The maximum Gasteiger partial charge on any atom is 0.307 e. The summed E-state index contributed by atoms with van der Waals surface area (Å²) in [6.07, 6.45) is 1.64. The Hall–Kier alpha value is -1.55. The summed E-state index contributed by atoms with van der Waals surface area (Å²) >= 11 is 0. The van der Waals surface area contributed by atoms with Crippen molar-refractivity contribution in [2.45, 2.75) is 25.8 Å². The molecule has 0 aliphatic carbocycles. The van der Waals surface area contributed by atoms with Crippen LogP contribution in [0.3, 0.4) is 0 Å². The Morgan fingerprint density at radius 3 is 2.89 bits per heavy atom. The van der Waals surface area contributed by atoms with E-state index in [0.717, 1.165) is 25.1 Å². The highest BCUT2D eigenvalue weighted by molar-refractivity contribution is 5.70. The van der Waals surface area contributed by atoms with Crippen LogP contribution < -0.4 is 4.74 Å². The number of carboxylic acids is 1. The highest BCUT2D eigenvalue weighted by atomic mass is 16.5. The Bertz CT molecular complexity index is 447. The Morgan fingerprint density at radius 2 is 2.26 bits per heavy atom. The monoisotopic (exact) mass is 263 g/mol. The first-order valence-corrected chi connectivity index (χ1v) is 6.70. The van der Waals surface area contributed by atoms with E-state index in [1.165, 1.54) is 5.56 Å². The van der Waals surface area contributed by atoms with Gasteiger partial charge in [-0.3, -0.25) is 9.69 Å². The van der Waals surface area contributed by atoms with Gasteiger partial charge in [0.05, 0.1) is 13.0 Å². The van der Waals surface area contributed by atoms with E-state index in [-0.39, 0.29) is 5.92 Å². The third kappa shape index (κ3) is 3.26. The van der Waals surface area contributed by atoms with E-state index in [4.69, 9.17) is 9.84 Å². The van der Waals surface area contributed by atoms with Gasteiger partial charge in [0, 0.05) is 12.6 Å². The number of likely N-dealkylation sites (tertiary alicyclic amines) is 1. The van der Waals surface area contributed by atoms with Crippen LogP contribution in [0.1, 0.15) is 18.9 Å². The van der Waals surface area contributed by atoms with Crippen molar-refractivity contribution in [2.24, 2.45) is 5.92 Å². The number of carbonyl (C=O) groups is 1. The molecule has 0 aromatic heterocycles. The van der Waals surface area contributed by atoms with E-state index in [1.807, 2.05) is 18.2 Å². The Labute approximate surface area is 114 Å². The largest absolute Gasteiger partial charge is 0.496 e. The number of carboxylic acid groups (broad SMARTS) is 1. The molecule has 1 aliphatic rings. The topological polar surface area (TPSA) is 49.8 Å². The number of para-hydroxylation sites is 1. The third-order valence-corrected chi connectivity index (χ3v) is 3.90. The van der Waals surface area contributed by atoms with Crippen LogP contribution in [0, 0.1) is 5.92 Å². The molecule has 104 valence electrons. The maximum absolute atomic E-state index is 11.0. The molecule has 2 unspecified atom stereocenters. The van der Waals surface area contributed by atoms with E-state index >= 15 is 0 Å². The summed E-state index contributed by atoms with van der Waals surface area (Å²) in [7, 11) is 1.68. The van der Waals surface area contributed by atoms with Crippen LogP contribution in [0.5, 0.6) is 5.75 Å². The van der Waals surface area contributed by atoms with Gasteiger partial charge in [0.25, 0.3) is 0 Å². The van der Waals surface area contributed by atoms with Gasteiger partial charge in [-0.2, -0.15) is 0 Å². The van der Waals surface area contributed by atoms with E-state index in [0.29, 0.717) is 12.6 Å². The van der Waals surface area contributed by atoms with E-state index < -0.39 is 5.97 Å². The van der Waals surface area contributed by atoms with Gasteiger partial charge in [0.1, 0.15) is 5.75 Å². The van der Waals surface area contributed by atoms with Crippen molar-refractivity contribution in [3.63, 3.8) is 0 Å². The predicted molar refractivity (Wildman–Crippen MR) is 73.5 cm³/mol. The lowest BCUT2D eigenvalue weighted by molar-refractivity contribution is -0.141. The molecule has 1 N–H and O–H groups in total. The summed E-state index contributed by atoms with van der Waals surface area (Å²) in [5.41, 5.74) is 1.18. The van der Waals surface area contributed by atoms with Crippen LogP contribution >= 0.6 is 0 Å². The van der Waals surface area contributed by atoms with Crippen molar-refractivity contribution >= 4 is 5.97 Å². The fraction of sp³-hybridized carbons (Fsp3) is 0.533. The highest BCUT2D eigenvalue weighted by Gasteiger charge is 2.30. The summed E-state index contributed by atoms with van der Waals surface area (Å²) in [5.74, 6) is 0.0236. The number of hydrogen-bond donors (Lipinski definition) is 1. The zero-order chi connectivity index (χ0) is 13.8. The number of nitrogens with zero attached hydrogens (tertiary/aromatic N) is 1. The van der Waals surface area contributed by atoms with Gasteiger partial charge >= 0.3 is 5.97 Å². The Morgan fingerprint density at radius 1 is 1.53 bits per heavy atom. The summed E-state index contributed by atoms with van der Waals surface area (Å²) in [6, 6.07) is 8.34.